The molecule has 2 heterocycles. The van der Waals surface area contributed by atoms with Gasteiger partial charge in [-0.15, -0.1) is 0 Å². The third-order valence-electron chi connectivity index (χ3n) is 4.90. The van der Waals surface area contributed by atoms with Crippen LogP contribution in [0.25, 0.3) is 0 Å². The first-order valence-electron chi connectivity index (χ1n) is 8.98. The molecule has 0 radical (unpaired) electrons. The normalized spacial score (nSPS) is 19.6. The van der Waals surface area contributed by atoms with Crippen LogP contribution in [-0.4, -0.2) is 33.3 Å². The SMILES string of the molecule is Cc1cc(NC(=O)C(=O)N2C[C@H](C)CC[C@H]2c2cccc(O)c2)cnc1N. The number of aromatic hydroxyl groups is 1. The first-order valence-corrected chi connectivity index (χ1v) is 8.98. The van der Waals surface area contributed by atoms with Crippen LogP contribution in [-0.2, 0) is 9.59 Å². The summed E-state index contributed by atoms with van der Waals surface area (Å²) in [6, 6.07) is 8.29. The molecule has 1 aromatic carbocycles. The number of likely N-dealkylation sites (tertiary alicyclic amines) is 1. The number of carbonyl (C=O) groups is 2. The van der Waals surface area contributed by atoms with Gasteiger partial charge in [0.2, 0.25) is 0 Å². The molecule has 7 heteroatoms. The van der Waals surface area contributed by atoms with Crippen molar-refractivity contribution >= 4 is 23.3 Å². The highest BCUT2D eigenvalue weighted by Crippen LogP contribution is 2.34. The Labute approximate surface area is 158 Å². The maximum absolute atomic E-state index is 12.9. The molecule has 0 unspecified atom stereocenters. The average Bonchev–Trinajstić information content (AvgIpc) is 2.64. The highest BCUT2D eigenvalue weighted by molar-refractivity contribution is 6.39. The molecule has 1 saturated heterocycles. The van der Waals surface area contributed by atoms with Gasteiger partial charge in [-0.1, -0.05) is 19.1 Å². The van der Waals surface area contributed by atoms with E-state index in [1.807, 2.05) is 6.07 Å². The molecule has 2 amide bonds. The number of nitrogens with zero attached hydrogens (tertiary/aromatic N) is 2. The zero-order valence-corrected chi connectivity index (χ0v) is 15.5. The number of pyridine rings is 1. The molecule has 2 atom stereocenters. The summed E-state index contributed by atoms with van der Waals surface area (Å²) in [7, 11) is 0. The monoisotopic (exact) mass is 368 g/mol. The second-order valence-electron chi connectivity index (χ2n) is 7.13. The molecule has 0 bridgehead atoms. The molecule has 142 valence electrons. The minimum Gasteiger partial charge on any atom is -0.508 e. The number of piperidine rings is 1. The molecule has 3 rings (SSSR count). The maximum Gasteiger partial charge on any atom is 0.313 e. The van der Waals surface area contributed by atoms with Crippen molar-refractivity contribution < 1.29 is 14.7 Å². The fraction of sp³-hybridized carbons (Fsp3) is 0.350. The Hall–Kier alpha value is -3.09. The van der Waals surface area contributed by atoms with Crippen LogP contribution >= 0.6 is 0 Å². The predicted molar refractivity (Wildman–Crippen MR) is 103 cm³/mol. The van der Waals surface area contributed by atoms with Crippen molar-refractivity contribution in [1.29, 1.82) is 0 Å². The van der Waals surface area contributed by atoms with E-state index in [2.05, 4.69) is 17.2 Å². The minimum atomic E-state index is -0.708. The summed E-state index contributed by atoms with van der Waals surface area (Å²) in [6.45, 7) is 4.33. The Morgan fingerprint density at radius 1 is 1.30 bits per heavy atom. The number of carbonyl (C=O) groups excluding carboxylic acids is 2. The van der Waals surface area contributed by atoms with Crippen molar-refractivity contribution in [1.82, 2.24) is 9.88 Å². The van der Waals surface area contributed by atoms with E-state index in [-0.39, 0.29) is 11.8 Å². The summed E-state index contributed by atoms with van der Waals surface area (Å²) in [6.07, 6.45) is 3.12. The molecular weight excluding hydrogens is 344 g/mol. The van der Waals surface area contributed by atoms with Gasteiger partial charge in [0.15, 0.2) is 0 Å². The summed E-state index contributed by atoms with van der Waals surface area (Å²) in [5.41, 5.74) is 7.67. The Kier molecular flexibility index (Phi) is 5.30. The van der Waals surface area contributed by atoms with Crippen LogP contribution in [0.15, 0.2) is 36.5 Å². The van der Waals surface area contributed by atoms with Crippen molar-refractivity contribution in [2.45, 2.75) is 32.7 Å². The van der Waals surface area contributed by atoms with Gasteiger partial charge in [0, 0.05) is 6.54 Å². The fourth-order valence-electron chi connectivity index (χ4n) is 3.42. The predicted octanol–water partition coefficient (Wildman–Crippen LogP) is 2.62. The van der Waals surface area contributed by atoms with Gasteiger partial charge in [-0.3, -0.25) is 9.59 Å². The van der Waals surface area contributed by atoms with Crippen LogP contribution in [0.2, 0.25) is 0 Å². The van der Waals surface area contributed by atoms with Crippen molar-refractivity contribution in [3.05, 3.63) is 47.7 Å². The van der Waals surface area contributed by atoms with Gasteiger partial charge in [-0.25, -0.2) is 4.98 Å². The lowest BCUT2D eigenvalue weighted by Gasteiger charge is -2.38. The molecule has 2 aromatic rings. The smallest absolute Gasteiger partial charge is 0.313 e. The largest absolute Gasteiger partial charge is 0.508 e. The van der Waals surface area contributed by atoms with Gasteiger partial charge in [0.1, 0.15) is 11.6 Å². The lowest BCUT2D eigenvalue weighted by Crippen LogP contribution is -2.46. The summed E-state index contributed by atoms with van der Waals surface area (Å²) in [5, 5.41) is 12.4. The molecule has 0 spiro atoms. The van der Waals surface area contributed by atoms with E-state index < -0.39 is 11.8 Å². The molecule has 7 nitrogen and oxygen atoms in total. The molecule has 1 fully saturated rings. The highest BCUT2D eigenvalue weighted by Gasteiger charge is 2.34. The van der Waals surface area contributed by atoms with Crippen LogP contribution in [0.3, 0.4) is 0 Å². The molecule has 0 saturated carbocycles. The Bertz CT molecular complexity index is 868. The average molecular weight is 368 g/mol. The van der Waals surface area contributed by atoms with Crippen LogP contribution in [0.1, 0.15) is 36.9 Å². The van der Waals surface area contributed by atoms with E-state index in [0.717, 1.165) is 24.0 Å². The van der Waals surface area contributed by atoms with E-state index in [9.17, 15) is 14.7 Å². The van der Waals surface area contributed by atoms with Crippen LogP contribution in [0.5, 0.6) is 5.75 Å². The van der Waals surface area contributed by atoms with Crippen molar-refractivity contribution in [3.63, 3.8) is 0 Å². The number of nitrogen functional groups attached to an aromatic ring is 1. The summed E-state index contributed by atoms with van der Waals surface area (Å²) < 4.78 is 0. The standard InChI is InChI=1S/C20H24N4O3/c1-12-6-7-17(14-4-3-5-16(25)9-14)24(11-12)20(27)19(26)23-15-8-13(2)18(21)22-10-15/h3-5,8-10,12,17,25H,6-7,11H2,1-2H3,(H2,21,22)(H,23,26)/t12-,17+/m1/s1. The number of anilines is 2. The quantitative estimate of drug-likeness (QED) is 0.706. The summed E-state index contributed by atoms with van der Waals surface area (Å²) >= 11 is 0. The van der Waals surface area contributed by atoms with E-state index in [1.165, 1.54) is 6.20 Å². The maximum atomic E-state index is 12.9. The first-order chi connectivity index (χ1) is 12.8. The summed E-state index contributed by atoms with van der Waals surface area (Å²) in [5.74, 6) is -0.472. The van der Waals surface area contributed by atoms with Crippen LogP contribution < -0.4 is 11.1 Å². The number of hydrogen-bond acceptors (Lipinski definition) is 5. The summed E-state index contributed by atoms with van der Waals surface area (Å²) in [4.78, 5) is 31.0. The van der Waals surface area contributed by atoms with Gasteiger partial charge in [-0.05, 0) is 55.0 Å². The number of phenolic OH excluding ortho intramolecular Hbond substituents is 1. The van der Waals surface area contributed by atoms with Gasteiger partial charge in [-0.2, -0.15) is 0 Å². The second-order valence-corrected chi connectivity index (χ2v) is 7.13. The topological polar surface area (TPSA) is 109 Å². The fourth-order valence-corrected chi connectivity index (χ4v) is 3.42. The number of amides is 2. The van der Waals surface area contributed by atoms with Crippen molar-refractivity contribution in [2.24, 2.45) is 5.92 Å². The van der Waals surface area contributed by atoms with E-state index >= 15 is 0 Å². The Morgan fingerprint density at radius 3 is 2.78 bits per heavy atom. The number of phenols is 1. The number of benzene rings is 1. The first kappa shape index (κ1) is 18.7. The number of hydrogen-bond donors (Lipinski definition) is 3. The minimum absolute atomic E-state index is 0.145. The van der Waals surface area contributed by atoms with Gasteiger partial charge in [0.05, 0.1) is 17.9 Å². The van der Waals surface area contributed by atoms with Crippen molar-refractivity contribution in [3.8, 4) is 5.75 Å². The lowest BCUT2D eigenvalue weighted by molar-refractivity contribution is -0.146. The Morgan fingerprint density at radius 2 is 2.07 bits per heavy atom. The van der Waals surface area contributed by atoms with Gasteiger partial charge in [0.25, 0.3) is 0 Å². The van der Waals surface area contributed by atoms with Crippen molar-refractivity contribution in [2.75, 3.05) is 17.6 Å². The van der Waals surface area contributed by atoms with E-state index in [0.29, 0.717) is 24.0 Å². The molecule has 4 N–H and O–H groups in total. The zero-order valence-electron chi connectivity index (χ0n) is 15.5. The number of nitrogens with two attached hydrogens (primary N) is 1. The molecule has 1 aliphatic heterocycles. The lowest BCUT2D eigenvalue weighted by atomic mass is 9.89. The Balaban J connectivity index is 1.80. The highest BCUT2D eigenvalue weighted by atomic mass is 16.3. The molecule has 0 aliphatic carbocycles. The number of aryl methyl sites for hydroxylation is 1. The van der Waals surface area contributed by atoms with E-state index in [4.69, 9.17) is 5.73 Å². The molecular formula is C20H24N4O3. The number of nitrogens with one attached hydrogen (secondary N) is 1. The van der Waals surface area contributed by atoms with Gasteiger partial charge < -0.3 is 21.1 Å². The molecule has 1 aliphatic rings. The van der Waals surface area contributed by atoms with Gasteiger partial charge >= 0.3 is 11.8 Å². The van der Waals surface area contributed by atoms with Crippen LogP contribution in [0, 0.1) is 12.8 Å². The van der Waals surface area contributed by atoms with E-state index in [1.54, 1.807) is 36.1 Å². The zero-order chi connectivity index (χ0) is 19.6. The second kappa shape index (κ2) is 7.65. The van der Waals surface area contributed by atoms with Crippen LogP contribution in [0.4, 0.5) is 11.5 Å². The molecule has 27 heavy (non-hydrogen) atoms. The third-order valence-corrected chi connectivity index (χ3v) is 4.90. The number of rotatable bonds is 2. The third kappa shape index (κ3) is 4.19. The number of aromatic nitrogens is 1. The molecule has 1 aromatic heterocycles.